The van der Waals surface area contributed by atoms with E-state index < -0.39 is 17.8 Å². The van der Waals surface area contributed by atoms with Gasteiger partial charge in [0.1, 0.15) is 22.8 Å². The third-order valence-electron chi connectivity index (χ3n) is 5.48. The van der Waals surface area contributed by atoms with Crippen molar-refractivity contribution in [3.05, 3.63) is 64.7 Å². The van der Waals surface area contributed by atoms with Crippen LogP contribution in [-0.4, -0.2) is 38.7 Å². The van der Waals surface area contributed by atoms with Gasteiger partial charge in [0, 0.05) is 17.7 Å². The maximum absolute atomic E-state index is 13.6. The minimum absolute atomic E-state index is 0.0787. The Morgan fingerprint density at radius 3 is 2.43 bits per heavy atom. The number of methoxy groups -OCH3 is 2. The molecule has 0 atom stereocenters. The largest absolute Gasteiger partial charge is 0.495 e. The fourth-order valence-electron chi connectivity index (χ4n) is 3.80. The maximum atomic E-state index is 13.6. The summed E-state index contributed by atoms with van der Waals surface area (Å²) in [4.78, 5) is 40.0. The van der Waals surface area contributed by atoms with Crippen LogP contribution in [0.3, 0.4) is 0 Å². The van der Waals surface area contributed by atoms with Gasteiger partial charge in [-0.3, -0.25) is 14.9 Å². The summed E-state index contributed by atoms with van der Waals surface area (Å²) in [6, 6.07) is 13.2. The SMILES string of the molecule is CCCOc1ccc2ccccc2c1/C=C1\C(=O)NC(=O)N(c2cc(OC)c(Cl)cc2OC)C1=O. The molecule has 0 bridgehead atoms. The summed E-state index contributed by atoms with van der Waals surface area (Å²) in [6.07, 6.45) is 2.23. The van der Waals surface area contributed by atoms with E-state index in [1.807, 2.05) is 37.3 Å². The molecule has 0 radical (unpaired) electrons. The van der Waals surface area contributed by atoms with Crippen LogP contribution in [0.2, 0.25) is 5.02 Å². The Morgan fingerprint density at radius 1 is 0.971 bits per heavy atom. The fraction of sp³-hybridized carbons (Fsp3) is 0.192. The summed E-state index contributed by atoms with van der Waals surface area (Å²) >= 11 is 6.18. The molecule has 1 aliphatic heterocycles. The Bertz CT molecular complexity index is 1370. The molecular weight excluding hydrogens is 472 g/mol. The van der Waals surface area contributed by atoms with E-state index in [-0.39, 0.29) is 27.8 Å². The van der Waals surface area contributed by atoms with Crippen molar-refractivity contribution in [2.45, 2.75) is 13.3 Å². The van der Waals surface area contributed by atoms with E-state index in [0.29, 0.717) is 17.9 Å². The quantitative estimate of drug-likeness (QED) is 0.368. The van der Waals surface area contributed by atoms with Crippen LogP contribution in [0, 0.1) is 0 Å². The van der Waals surface area contributed by atoms with Crippen molar-refractivity contribution in [3.63, 3.8) is 0 Å². The van der Waals surface area contributed by atoms with Crippen molar-refractivity contribution in [1.82, 2.24) is 5.32 Å². The number of nitrogens with one attached hydrogen (secondary N) is 1. The molecule has 0 unspecified atom stereocenters. The number of hydrogen-bond acceptors (Lipinski definition) is 6. The van der Waals surface area contributed by atoms with Gasteiger partial charge in [0.25, 0.3) is 11.8 Å². The molecule has 8 nitrogen and oxygen atoms in total. The molecule has 1 aliphatic rings. The van der Waals surface area contributed by atoms with Crippen LogP contribution >= 0.6 is 11.6 Å². The molecule has 1 fully saturated rings. The Morgan fingerprint density at radius 2 is 1.71 bits per heavy atom. The van der Waals surface area contributed by atoms with Crippen LogP contribution < -0.4 is 24.4 Å². The number of nitrogens with zero attached hydrogens (tertiary/aromatic N) is 1. The van der Waals surface area contributed by atoms with E-state index in [1.165, 1.54) is 32.4 Å². The molecule has 4 amide bonds. The van der Waals surface area contributed by atoms with Crippen LogP contribution in [0.4, 0.5) is 10.5 Å². The van der Waals surface area contributed by atoms with Gasteiger partial charge in [0.15, 0.2) is 0 Å². The topological polar surface area (TPSA) is 94.2 Å². The minimum atomic E-state index is -0.916. The van der Waals surface area contributed by atoms with Crippen molar-refractivity contribution in [1.29, 1.82) is 0 Å². The highest BCUT2D eigenvalue weighted by atomic mass is 35.5. The summed E-state index contributed by atoms with van der Waals surface area (Å²) in [5, 5.41) is 4.17. The van der Waals surface area contributed by atoms with Crippen molar-refractivity contribution in [2.75, 3.05) is 25.7 Å². The molecule has 9 heteroatoms. The first kappa shape index (κ1) is 24.1. The summed E-state index contributed by atoms with van der Waals surface area (Å²) in [6.45, 7) is 2.44. The summed E-state index contributed by atoms with van der Waals surface area (Å²) in [5.74, 6) is -0.728. The first-order valence-electron chi connectivity index (χ1n) is 10.9. The number of barbiturate groups is 1. The van der Waals surface area contributed by atoms with E-state index in [2.05, 4.69) is 5.32 Å². The molecule has 35 heavy (non-hydrogen) atoms. The van der Waals surface area contributed by atoms with Gasteiger partial charge >= 0.3 is 6.03 Å². The number of carbonyl (C=O) groups is 3. The number of rotatable bonds is 7. The van der Waals surface area contributed by atoms with Crippen LogP contribution in [0.5, 0.6) is 17.2 Å². The molecular formula is C26H23ClN2O6. The predicted octanol–water partition coefficient (Wildman–Crippen LogP) is 4.97. The molecule has 1 heterocycles. The second kappa shape index (κ2) is 10.1. The lowest BCUT2D eigenvalue weighted by molar-refractivity contribution is -0.122. The second-order valence-corrected chi connectivity index (χ2v) is 8.07. The fourth-order valence-corrected chi connectivity index (χ4v) is 4.03. The van der Waals surface area contributed by atoms with Crippen molar-refractivity contribution >= 4 is 52.0 Å². The highest BCUT2D eigenvalue weighted by molar-refractivity contribution is 6.40. The van der Waals surface area contributed by atoms with Gasteiger partial charge in [0.2, 0.25) is 0 Å². The third-order valence-corrected chi connectivity index (χ3v) is 5.77. The van der Waals surface area contributed by atoms with Gasteiger partial charge in [-0.15, -0.1) is 0 Å². The van der Waals surface area contributed by atoms with E-state index in [1.54, 1.807) is 6.07 Å². The van der Waals surface area contributed by atoms with Crippen molar-refractivity contribution < 1.29 is 28.6 Å². The summed E-state index contributed by atoms with van der Waals surface area (Å²) in [5.41, 5.74) is 0.401. The van der Waals surface area contributed by atoms with E-state index in [0.717, 1.165) is 22.1 Å². The number of amides is 4. The lowest BCUT2D eigenvalue weighted by atomic mass is 9.99. The molecule has 0 spiro atoms. The lowest BCUT2D eigenvalue weighted by Gasteiger charge is -2.28. The van der Waals surface area contributed by atoms with Crippen LogP contribution in [0.1, 0.15) is 18.9 Å². The Kier molecular flexibility index (Phi) is 6.93. The Labute approximate surface area is 207 Å². The molecule has 180 valence electrons. The van der Waals surface area contributed by atoms with E-state index in [4.69, 9.17) is 25.8 Å². The zero-order chi connectivity index (χ0) is 25.1. The zero-order valence-electron chi connectivity index (χ0n) is 19.4. The number of ether oxygens (including phenoxy) is 3. The molecule has 1 N–H and O–H groups in total. The first-order valence-corrected chi connectivity index (χ1v) is 11.2. The van der Waals surface area contributed by atoms with Crippen molar-refractivity contribution in [2.24, 2.45) is 0 Å². The van der Waals surface area contributed by atoms with Gasteiger partial charge in [-0.1, -0.05) is 48.9 Å². The summed E-state index contributed by atoms with van der Waals surface area (Å²) in [7, 11) is 2.78. The number of urea groups is 1. The van der Waals surface area contributed by atoms with Crippen LogP contribution in [0.15, 0.2) is 54.1 Å². The third kappa shape index (κ3) is 4.52. The molecule has 3 aromatic carbocycles. The Hall–Kier alpha value is -4.04. The second-order valence-electron chi connectivity index (χ2n) is 7.66. The van der Waals surface area contributed by atoms with Gasteiger partial charge in [-0.25, -0.2) is 9.69 Å². The molecule has 0 saturated carbocycles. The normalized spacial score (nSPS) is 14.9. The van der Waals surface area contributed by atoms with E-state index >= 15 is 0 Å². The zero-order valence-corrected chi connectivity index (χ0v) is 20.1. The maximum Gasteiger partial charge on any atom is 0.336 e. The number of benzene rings is 3. The number of halogens is 1. The van der Waals surface area contributed by atoms with Crippen LogP contribution in [0.25, 0.3) is 16.8 Å². The molecule has 0 aliphatic carbocycles. The first-order chi connectivity index (χ1) is 16.9. The minimum Gasteiger partial charge on any atom is -0.495 e. The lowest BCUT2D eigenvalue weighted by Crippen LogP contribution is -2.54. The number of imide groups is 2. The number of carbonyl (C=O) groups excluding carboxylic acids is 3. The number of hydrogen-bond donors (Lipinski definition) is 1. The summed E-state index contributed by atoms with van der Waals surface area (Å²) < 4.78 is 16.5. The van der Waals surface area contributed by atoms with Crippen LogP contribution in [-0.2, 0) is 9.59 Å². The Balaban J connectivity index is 1.88. The standard InChI is InChI=1S/C26H23ClN2O6/c1-4-11-35-21-10-9-15-7-5-6-8-16(15)17(21)12-18-24(30)28-26(32)29(25(18)31)20-14-22(33-2)19(27)13-23(20)34-3/h5-10,12-14H,4,11H2,1-3H3,(H,28,30,32)/b18-12+. The molecule has 3 aromatic rings. The van der Waals surface area contributed by atoms with Gasteiger partial charge < -0.3 is 14.2 Å². The average Bonchev–Trinajstić information content (AvgIpc) is 2.85. The molecule has 4 rings (SSSR count). The molecule has 0 aromatic heterocycles. The van der Waals surface area contributed by atoms with E-state index in [9.17, 15) is 14.4 Å². The predicted molar refractivity (Wildman–Crippen MR) is 133 cm³/mol. The van der Waals surface area contributed by atoms with Gasteiger partial charge in [-0.2, -0.15) is 0 Å². The van der Waals surface area contributed by atoms with Gasteiger partial charge in [-0.05, 0) is 29.3 Å². The highest BCUT2D eigenvalue weighted by Crippen LogP contribution is 2.40. The average molecular weight is 495 g/mol. The number of fused-ring (bicyclic) bond motifs is 1. The number of anilines is 1. The van der Waals surface area contributed by atoms with Crippen molar-refractivity contribution in [3.8, 4) is 17.2 Å². The highest BCUT2D eigenvalue weighted by Gasteiger charge is 2.39. The smallest absolute Gasteiger partial charge is 0.336 e. The van der Waals surface area contributed by atoms with Gasteiger partial charge in [0.05, 0.1) is 31.5 Å². The monoisotopic (exact) mass is 494 g/mol. The molecule has 1 saturated heterocycles.